The highest BCUT2D eigenvalue weighted by Crippen LogP contribution is 2.33. The second kappa shape index (κ2) is 13.5. The smallest absolute Gasteiger partial charge is 0.217 e. The fourth-order valence-corrected chi connectivity index (χ4v) is 4.89. The molecule has 0 spiro atoms. The normalized spacial score (nSPS) is 48.0. The lowest BCUT2D eigenvalue weighted by Crippen LogP contribution is -2.68. The van der Waals surface area contributed by atoms with Crippen molar-refractivity contribution in [1.29, 1.82) is 0 Å². The van der Waals surface area contributed by atoms with Crippen LogP contribution in [0.25, 0.3) is 0 Å². The Morgan fingerprint density at radius 1 is 0.737 bits per heavy atom. The van der Waals surface area contributed by atoms with E-state index in [0.717, 1.165) is 6.92 Å². The molecule has 3 aliphatic heterocycles. The molecular weight excluding hydrogens is 518 g/mol. The van der Waals surface area contributed by atoms with Crippen LogP contribution in [0.15, 0.2) is 0 Å². The first-order valence-electron chi connectivity index (χ1n) is 12.2. The Bertz CT molecular complexity index is 762. The van der Waals surface area contributed by atoms with Crippen molar-refractivity contribution in [1.82, 2.24) is 5.32 Å². The summed E-state index contributed by atoms with van der Waals surface area (Å²) in [6.45, 7) is 1.34. The molecule has 0 aromatic heterocycles. The van der Waals surface area contributed by atoms with Crippen LogP contribution in [0.1, 0.15) is 13.8 Å². The van der Waals surface area contributed by atoms with Gasteiger partial charge in [0.15, 0.2) is 18.9 Å². The summed E-state index contributed by atoms with van der Waals surface area (Å²) in [4.78, 5) is 11.8. The Morgan fingerprint density at radius 3 is 1.87 bits per heavy atom. The molecule has 15 atom stereocenters. The van der Waals surface area contributed by atoms with Gasteiger partial charge in [-0.25, -0.2) is 0 Å². The van der Waals surface area contributed by atoms with Crippen molar-refractivity contribution < 1.29 is 73.7 Å². The molecule has 3 heterocycles. The zero-order valence-corrected chi connectivity index (χ0v) is 21.5. The largest absolute Gasteiger partial charge is 0.394 e. The maximum Gasteiger partial charge on any atom is 0.217 e. The Balaban J connectivity index is 1.93. The van der Waals surface area contributed by atoms with Crippen molar-refractivity contribution >= 4 is 5.91 Å². The number of carbonyl (C=O) groups is 1. The van der Waals surface area contributed by atoms with Crippen molar-refractivity contribution in [3.8, 4) is 0 Å². The fraction of sp³-hybridized carbons (Fsp3) is 0.955. The van der Waals surface area contributed by atoms with E-state index in [0.29, 0.717) is 0 Å². The highest BCUT2D eigenvalue weighted by atomic mass is 16.8. The minimum atomic E-state index is -1.70. The summed E-state index contributed by atoms with van der Waals surface area (Å²) in [5.74, 6) is -0.592. The molecule has 16 nitrogen and oxygen atoms in total. The molecule has 3 aliphatic rings. The fourth-order valence-electron chi connectivity index (χ4n) is 4.89. The number of amides is 1. The van der Waals surface area contributed by atoms with Crippen LogP contribution < -0.4 is 5.32 Å². The molecular formula is C22H39NO15. The van der Waals surface area contributed by atoms with Crippen molar-refractivity contribution in [2.75, 3.05) is 27.4 Å². The summed E-state index contributed by atoms with van der Waals surface area (Å²) in [6, 6.07) is -1.34. The molecule has 8 N–H and O–H groups in total. The Morgan fingerprint density at radius 2 is 1.32 bits per heavy atom. The SMILES string of the molecule is CO[C@@H]1[C@H](O[C@H]2[C@H](O[C@H]3[C@@H](O)[C@@H](CO)O[C@H](O)[C@@H]3NC(C)=O)O[C@H](CO)[C@H](OC)[C@@H]2O)O[C@@H](C)[C@@H](O)[C@H]1O. The minimum Gasteiger partial charge on any atom is -0.394 e. The first-order chi connectivity index (χ1) is 18.0. The third-order valence-electron chi connectivity index (χ3n) is 6.95. The van der Waals surface area contributed by atoms with Gasteiger partial charge in [-0.1, -0.05) is 0 Å². The maximum absolute atomic E-state index is 11.8. The predicted octanol–water partition coefficient (Wildman–Crippen LogP) is -5.09. The van der Waals surface area contributed by atoms with Crippen LogP contribution in [-0.2, 0) is 38.0 Å². The zero-order valence-electron chi connectivity index (χ0n) is 21.5. The lowest BCUT2D eigenvalue weighted by Gasteiger charge is -2.49. The second-order valence-corrected chi connectivity index (χ2v) is 9.47. The van der Waals surface area contributed by atoms with Gasteiger partial charge in [-0.05, 0) is 6.92 Å². The number of nitrogens with one attached hydrogen (secondary N) is 1. The Kier molecular flexibility index (Phi) is 11.2. The van der Waals surface area contributed by atoms with E-state index < -0.39 is 111 Å². The van der Waals surface area contributed by atoms with E-state index in [1.807, 2.05) is 0 Å². The standard InChI is InChI=1S/C22H39NO15/c1-7-12(27)14(29)18(33-4)21(34-7)38-19-15(30)16(32-3)10(6-25)36-22(19)37-17-11(23-8(2)26)20(31)35-9(5-24)13(17)28/h7,9-22,24-25,27-31H,5-6H2,1-4H3,(H,23,26)/t7-,9+,10+,11+,12+,13-,14+,15-,16-,17+,18-,19+,20-,21-,22-/m0/s1. The van der Waals surface area contributed by atoms with Crippen molar-refractivity contribution in [3.63, 3.8) is 0 Å². The van der Waals surface area contributed by atoms with Gasteiger partial charge in [-0.2, -0.15) is 0 Å². The molecule has 0 aromatic rings. The lowest BCUT2D eigenvalue weighted by molar-refractivity contribution is -0.382. The first-order valence-corrected chi connectivity index (χ1v) is 12.2. The van der Waals surface area contributed by atoms with Crippen LogP contribution in [0, 0.1) is 0 Å². The van der Waals surface area contributed by atoms with Gasteiger partial charge in [0.1, 0.15) is 67.1 Å². The van der Waals surface area contributed by atoms with Gasteiger partial charge in [0.05, 0.1) is 19.3 Å². The van der Waals surface area contributed by atoms with Crippen molar-refractivity contribution in [2.45, 2.75) is 106 Å². The number of rotatable bonds is 9. The second-order valence-electron chi connectivity index (χ2n) is 9.47. The van der Waals surface area contributed by atoms with Crippen LogP contribution in [-0.4, -0.2) is 161 Å². The van der Waals surface area contributed by atoms with Crippen molar-refractivity contribution in [3.05, 3.63) is 0 Å². The molecule has 0 unspecified atom stereocenters. The molecule has 3 rings (SSSR count). The summed E-state index contributed by atoms with van der Waals surface area (Å²) < 4.78 is 39.1. The maximum atomic E-state index is 11.8. The molecule has 3 fully saturated rings. The molecule has 0 saturated carbocycles. The van der Waals surface area contributed by atoms with E-state index in [-0.39, 0.29) is 0 Å². The Labute approximate surface area is 218 Å². The van der Waals surface area contributed by atoms with Gasteiger partial charge < -0.3 is 74.2 Å². The van der Waals surface area contributed by atoms with Crippen LogP contribution in [0.3, 0.4) is 0 Å². The molecule has 0 aliphatic carbocycles. The molecule has 0 radical (unpaired) electrons. The van der Waals surface area contributed by atoms with Gasteiger partial charge in [-0.15, -0.1) is 0 Å². The van der Waals surface area contributed by atoms with E-state index in [9.17, 15) is 40.5 Å². The number of aliphatic hydroxyl groups excluding tert-OH is 7. The number of methoxy groups -OCH3 is 2. The molecule has 3 saturated heterocycles. The number of hydrogen-bond donors (Lipinski definition) is 8. The van der Waals surface area contributed by atoms with Crippen LogP contribution >= 0.6 is 0 Å². The molecule has 0 bridgehead atoms. The minimum absolute atomic E-state index is 0.592. The van der Waals surface area contributed by atoms with E-state index in [4.69, 9.17) is 33.2 Å². The summed E-state index contributed by atoms with van der Waals surface area (Å²) in [5, 5.41) is 74.9. The molecule has 0 aromatic carbocycles. The van der Waals surface area contributed by atoms with Gasteiger partial charge in [0.2, 0.25) is 5.91 Å². The van der Waals surface area contributed by atoms with Crippen LogP contribution in [0.5, 0.6) is 0 Å². The first kappa shape index (κ1) is 31.4. The monoisotopic (exact) mass is 557 g/mol. The van der Waals surface area contributed by atoms with E-state index in [2.05, 4.69) is 5.32 Å². The number of ether oxygens (including phenoxy) is 7. The van der Waals surface area contributed by atoms with Gasteiger partial charge in [-0.3, -0.25) is 4.79 Å². The van der Waals surface area contributed by atoms with Crippen LogP contribution in [0.2, 0.25) is 0 Å². The predicted molar refractivity (Wildman–Crippen MR) is 121 cm³/mol. The van der Waals surface area contributed by atoms with Crippen molar-refractivity contribution in [2.24, 2.45) is 0 Å². The highest BCUT2D eigenvalue weighted by Gasteiger charge is 2.54. The molecule has 1 amide bonds. The molecule has 38 heavy (non-hydrogen) atoms. The van der Waals surface area contributed by atoms with E-state index >= 15 is 0 Å². The highest BCUT2D eigenvalue weighted by molar-refractivity contribution is 5.73. The summed E-state index contributed by atoms with van der Waals surface area (Å²) >= 11 is 0. The summed E-state index contributed by atoms with van der Waals surface area (Å²) in [6.07, 6.45) is -19.1. The number of hydrogen-bond acceptors (Lipinski definition) is 15. The number of carbonyl (C=O) groups excluding carboxylic acids is 1. The average Bonchev–Trinajstić information content (AvgIpc) is 2.88. The third kappa shape index (κ3) is 6.45. The quantitative estimate of drug-likeness (QED) is 0.132. The number of aliphatic hydroxyl groups is 7. The van der Waals surface area contributed by atoms with Gasteiger partial charge in [0.25, 0.3) is 0 Å². The average molecular weight is 558 g/mol. The molecule has 222 valence electrons. The summed E-state index contributed by atoms with van der Waals surface area (Å²) in [7, 11) is 2.53. The Hall–Kier alpha value is -1.09. The van der Waals surface area contributed by atoms with E-state index in [1.165, 1.54) is 21.1 Å². The van der Waals surface area contributed by atoms with Gasteiger partial charge in [0, 0.05) is 21.1 Å². The summed E-state index contributed by atoms with van der Waals surface area (Å²) in [5.41, 5.74) is 0. The lowest BCUT2D eigenvalue weighted by atomic mass is 9.95. The molecule has 16 heteroatoms. The van der Waals surface area contributed by atoms with Gasteiger partial charge >= 0.3 is 0 Å². The zero-order chi connectivity index (χ0) is 28.3. The third-order valence-corrected chi connectivity index (χ3v) is 6.95. The topological polar surface area (TPSA) is 235 Å². The van der Waals surface area contributed by atoms with Crippen LogP contribution in [0.4, 0.5) is 0 Å². The van der Waals surface area contributed by atoms with E-state index in [1.54, 1.807) is 0 Å².